The molecule has 4 rings (SSSR count). The Morgan fingerprint density at radius 2 is 0.743 bits per heavy atom. The number of rotatable bonds is 20. The van der Waals surface area contributed by atoms with Crippen molar-refractivity contribution >= 4 is 77.0 Å². The largest absolute Gasteiger partial charge is 0.463 e. The van der Waals surface area contributed by atoms with Gasteiger partial charge in [-0.2, -0.15) is 0 Å². The fraction of sp³-hybridized carbons (Fsp3) is 0.636. The van der Waals surface area contributed by atoms with E-state index in [0.29, 0.717) is 0 Å². The molecule has 410 valence electrons. The minimum Gasteiger partial charge on any atom is -0.463 e. The van der Waals surface area contributed by atoms with Crippen molar-refractivity contribution in [1.82, 2.24) is 0 Å². The van der Waals surface area contributed by atoms with E-state index in [1.807, 2.05) is 0 Å². The number of nitro groups is 1. The van der Waals surface area contributed by atoms with E-state index in [1.54, 1.807) is 0 Å². The smallest absolute Gasteiger partial charge is 0.303 e. The highest BCUT2D eigenvalue weighted by molar-refractivity contribution is 6.32. The number of ether oxygens (including phenoxy) is 16. The zero-order valence-corrected chi connectivity index (χ0v) is 42.0. The normalized spacial score (nSPS) is 29.4. The van der Waals surface area contributed by atoms with Gasteiger partial charge in [0.25, 0.3) is 5.69 Å². The maximum Gasteiger partial charge on any atom is 0.303 e. The quantitative estimate of drug-likeness (QED) is 0.0753. The first kappa shape index (κ1) is 59.8. The van der Waals surface area contributed by atoms with Crippen molar-refractivity contribution in [2.45, 2.75) is 161 Å². The zero-order valence-electron chi connectivity index (χ0n) is 41.3. The van der Waals surface area contributed by atoms with Crippen LogP contribution in [0, 0.1) is 10.1 Å². The predicted molar refractivity (Wildman–Crippen MR) is 233 cm³/mol. The minimum atomic E-state index is -2.11. The average Bonchev–Trinajstić information content (AvgIpc) is 3.26. The van der Waals surface area contributed by atoms with Crippen molar-refractivity contribution in [3.05, 3.63) is 33.3 Å². The number of hydrogen-bond acceptors (Lipinski definition) is 28. The van der Waals surface area contributed by atoms with Crippen LogP contribution in [0.3, 0.4) is 0 Å². The van der Waals surface area contributed by atoms with Crippen molar-refractivity contribution in [2.24, 2.45) is 0 Å². The molecule has 0 bridgehead atoms. The van der Waals surface area contributed by atoms with Gasteiger partial charge in [0.15, 0.2) is 49.2 Å². The fourth-order valence-electron chi connectivity index (χ4n) is 7.67. The molecule has 1 aromatic carbocycles. The lowest BCUT2D eigenvalue weighted by atomic mass is 9.95. The third-order valence-corrected chi connectivity index (χ3v) is 10.5. The molecule has 0 radical (unpaired) electrons. The van der Waals surface area contributed by atoms with Crippen molar-refractivity contribution in [2.75, 3.05) is 19.8 Å². The van der Waals surface area contributed by atoms with Gasteiger partial charge in [0.1, 0.15) is 56.1 Å². The lowest BCUT2D eigenvalue weighted by Crippen LogP contribution is -2.69. The summed E-state index contributed by atoms with van der Waals surface area (Å²) in [4.78, 5) is 137. The molecule has 3 saturated heterocycles. The van der Waals surface area contributed by atoms with Crippen LogP contribution in [-0.4, -0.2) is 177 Å². The molecule has 0 spiro atoms. The van der Waals surface area contributed by atoms with Crippen LogP contribution in [0.15, 0.2) is 18.2 Å². The summed E-state index contributed by atoms with van der Waals surface area (Å²) in [6.45, 7) is 7.35. The number of esters is 10. The van der Waals surface area contributed by atoms with Gasteiger partial charge in [0, 0.05) is 81.4 Å². The molecule has 0 N–H and O–H groups in total. The zero-order chi connectivity index (χ0) is 55.3. The van der Waals surface area contributed by atoms with Gasteiger partial charge in [-0.25, -0.2) is 0 Å². The molecule has 3 fully saturated rings. The number of halogens is 1. The lowest BCUT2D eigenvalue weighted by Gasteiger charge is -2.50. The molecule has 3 heterocycles. The van der Waals surface area contributed by atoms with Crippen molar-refractivity contribution in [3.63, 3.8) is 0 Å². The maximum atomic E-state index is 13.1. The van der Waals surface area contributed by atoms with Crippen LogP contribution in [0.1, 0.15) is 69.2 Å². The summed E-state index contributed by atoms with van der Waals surface area (Å²) >= 11 is 6.32. The number of nitrogens with zero attached hydrogens (tertiary/aromatic N) is 1. The van der Waals surface area contributed by atoms with Gasteiger partial charge in [-0.05, 0) is 6.07 Å². The molecule has 0 aliphatic carbocycles. The number of hydrogen-bond donors (Lipinski definition) is 0. The standard InChI is InChI=1S/C44H54ClNO28/c1-17(47)59-14-30-33(62-20(4)50)36(63-21(5)51)40(67-25(9)55)43(71-30)74-35-32(16-61-19(3)49)72-44(41(68-26(10)56)38(35)65-23(7)53)73-34-31(15-60-18(2)48)70-42(39(66-24(8)54)37(34)64-22(6)52)69-29-12-11-27(46(57)58)13-28(29)45/h11-13,30-44H,14-16H2,1-10H3/t30-,31-,32-,33+,34-,35-,36+,37+,38+,39-,40-,41-,42+,43+,44-/m1/s1. The summed E-state index contributed by atoms with van der Waals surface area (Å²) in [5.74, 6) is -10.2. The topological polar surface area (TPSA) is 362 Å². The SMILES string of the molecule is CC(=O)OC[C@H]1O[C@@H](O[C@H]2[C@H](OC(C)=O)[C@@H](OC(C)=O)[C@@H](O[C@H]3[C@H](OC(C)=O)[C@@H](OC(C)=O)[C@@H](Oc4ccc([N+](=O)[O-])cc4Cl)O[C@@H]3COC(C)=O)O[C@@H]2COC(C)=O)[C@H](OC(C)=O)[C@@H](OC(C)=O)[C@H]1OC(C)=O. The molecule has 15 atom stereocenters. The Balaban J connectivity index is 1.92. The molecule has 3 aliphatic heterocycles. The summed E-state index contributed by atoms with van der Waals surface area (Å²) in [6.07, 6.45) is -28.0. The fourth-order valence-corrected chi connectivity index (χ4v) is 7.89. The van der Waals surface area contributed by atoms with Crippen LogP contribution >= 0.6 is 11.6 Å². The number of benzene rings is 1. The van der Waals surface area contributed by atoms with Crippen molar-refractivity contribution in [3.8, 4) is 5.75 Å². The Bertz CT molecular complexity index is 2270. The Labute approximate surface area is 425 Å². The number of carbonyl (C=O) groups is 10. The first-order chi connectivity index (χ1) is 34.6. The molecule has 30 heteroatoms. The van der Waals surface area contributed by atoms with Gasteiger partial charge in [-0.3, -0.25) is 58.1 Å². The number of carbonyl (C=O) groups excluding carboxylic acids is 10. The van der Waals surface area contributed by atoms with E-state index in [-0.39, 0.29) is 10.8 Å². The van der Waals surface area contributed by atoms with Crippen molar-refractivity contribution < 1.29 is 129 Å². The molecule has 3 aliphatic rings. The Hall–Kier alpha value is -6.79. The molecule has 0 aromatic heterocycles. The van der Waals surface area contributed by atoms with E-state index in [0.717, 1.165) is 87.4 Å². The maximum absolute atomic E-state index is 13.1. The van der Waals surface area contributed by atoms with E-state index in [2.05, 4.69) is 0 Å². The molecule has 0 saturated carbocycles. The Morgan fingerprint density at radius 3 is 1.07 bits per heavy atom. The summed E-state index contributed by atoms with van der Waals surface area (Å²) in [6, 6.07) is 3.03. The van der Waals surface area contributed by atoms with E-state index in [4.69, 9.17) is 87.4 Å². The van der Waals surface area contributed by atoms with Gasteiger partial charge in [0.2, 0.25) is 12.4 Å². The van der Waals surface area contributed by atoms with E-state index >= 15 is 0 Å². The Kier molecular flexibility index (Phi) is 21.8. The average molecular weight is 1080 g/mol. The molecular formula is C44H54ClNO28. The minimum absolute atomic E-state index is 0.280. The van der Waals surface area contributed by atoms with Crippen molar-refractivity contribution in [1.29, 1.82) is 0 Å². The lowest BCUT2D eigenvalue weighted by molar-refractivity contribution is -0.384. The van der Waals surface area contributed by atoms with Gasteiger partial charge in [0.05, 0.1) is 9.95 Å². The molecule has 0 unspecified atom stereocenters. The monoisotopic (exact) mass is 1080 g/mol. The van der Waals surface area contributed by atoms with E-state index < -0.39 is 182 Å². The highest BCUT2D eigenvalue weighted by atomic mass is 35.5. The summed E-state index contributed by atoms with van der Waals surface area (Å²) in [7, 11) is 0. The van der Waals surface area contributed by atoms with Gasteiger partial charge < -0.3 is 75.8 Å². The predicted octanol–water partition coefficient (Wildman–Crippen LogP) is 0.783. The van der Waals surface area contributed by atoms with Gasteiger partial charge in [-0.1, -0.05) is 11.6 Å². The highest BCUT2D eigenvalue weighted by Crippen LogP contribution is 2.39. The second-order valence-corrected chi connectivity index (χ2v) is 16.7. The highest BCUT2D eigenvalue weighted by Gasteiger charge is 2.60. The van der Waals surface area contributed by atoms with E-state index in [9.17, 15) is 58.1 Å². The third kappa shape index (κ3) is 17.1. The van der Waals surface area contributed by atoms with Crippen LogP contribution in [0.4, 0.5) is 5.69 Å². The van der Waals surface area contributed by atoms with Crippen LogP contribution in [-0.2, 0) is 119 Å². The second-order valence-electron chi connectivity index (χ2n) is 16.2. The molecular weight excluding hydrogens is 1030 g/mol. The number of nitro benzene ring substituents is 1. The third-order valence-electron chi connectivity index (χ3n) is 10.2. The summed E-state index contributed by atoms with van der Waals surface area (Å²) in [5, 5.41) is 11.1. The molecule has 0 amide bonds. The summed E-state index contributed by atoms with van der Waals surface area (Å²) < 4.78 is 92.2. The van der Waals surface area contributed by atoms with Gasteiger partial charge >= 0.3 is 59.7 Å². The van der Waals surface area contributed by atoms with Crippen LogP contribution in [0.25, 0.3) is 0 Å². The van der Waals surface area contributed by atoms with E-state index in [1.165, 1.54) is 0 Å². The molecule has 29 nitrogen and oxygen atoms in total. The first-order valence-electron chi connectivity index (χ1n) is 22.1. The molecule has 1 aromatic rings. The first-order valence-corrected chi connectivity index (χ1v) is 22.5. The number of non-ortho nitro benzene ring substituents is 1. The van der Waals surface area contributed by atoms with Gasteiger partial charge in [-0.15, -0.1) is 0 Å². The Morgan fingerprint density at radius 1 is 0.446 bits per heavy atom. The molecule has 74 heavy (non-hydrogen) atoms. The van der Waals surface area contributed by atoms with Crippen LogP contribution in [0.2, 0.25) is 5.02 Å². The second kappa shape index (κ2) is 27.0. The van der Waals surface area contributed by atoms with Crippen LogP contribution < -0.4 is 4.74 Å². The van der Waals surface area contributed by atoms with Crippen LogP contribution in [0.5, 0.6) is 5.75 Å². The summed E-state index contributed by atoms with van der Waals surface area (Å²) in [5.41, 5.74) is -0.443.